The molecule has 4 heteroatoms. The van der Waals surface area contributed by atoms with Crippen LogP contribution in [0.3, 0.4) is 0 Å². The van der Waals surface area contributed by atoms with E-state index in [1.165, 1.54) is 5.56 Å². The van der Waals surface area contributed by atoms with Gasteiger partial charge in [-0.3, -0.25) is 4.90 Å². The molecule has 2 heterocycles. The van der Waals surface area contributed by atoms with Crippen LogP contribution in [-0.4, -0.2) is 22.5 Å². The first-order chi connectivity index (χ1) is 7.08. The predicted molar refractivity (Wildman–Crippen MR) is 63.5 cm³/mol. The van der Waals surface area contributed by atoms with E-state index >= 15 is 0 Å². The molecule has 0 fully saturated rings. The zero-order chi connectivity index (χ0) is 11.0. The topological polar surface area (TPSA) is 16.1 Å². The Hall–Kier alpha value is -0.310. The summed E-state index contributed by atoms with van der Waals surface area (Å²) in [6, 6.07) is 2.51. The molecule has 1 aromatic rings. The number of fused-ring (bicyclic) bond motifs is 1. The molecule has 0 aromatic carbocycles. The maximum Gasteiger partial charge on any atom is 0.147 e. The molecule has 0 bridgehead atoms. The van der Waals surface area contributed by atoms with Gasteiger partial charge in [0.05, 0.1) is 5.02 Å². The lowest BCUT2D eigenvalue weighted by atomic mass is 10.0. The standard InChI is InChI=1S/C11H14Cl2N2/c1-7(2)15-4-3-10-8(6-15)5-9(12)11(13)14-10/h5,7H,3-4,6H2,1-2H3. The highest BCUT2D eigenvalue weighted by Gasteiger charge is 2.20. The molecule has 0 saturated heterocycles. The largest absolute Gasteiger partial charge is 0.296 e. The van der Waals surface area contributed by atoms with E-state index in [1.54, 1.807) is 0 Å². The Bertz CT molecular complexity index is 377. The Kier molecular flexibility index (Phi) is 3.19. The summed E-state index contributed by atoms with van der Waals surface area (Å²) < 4.78 is 0. The molecule has 2 rings (SSSR count). The molecule has 0 saturated carbocycles. The van der Waals surface area contributed by atoms with Crippen LogP contribution >= 0.6 is 23.2 Å². The maximum atomic E-state index is 5.96. The third-order valence-corrected chi connectivity index (χ3v) is 3.51. The average Bonchev–Trinajstić information content (AvgIpc) is 2.19. The van der Waals surface area contributed by atoms with Crippen LogP contribution in [-0.2, 0) is 13.0 Å². The van der Waals surface area contributed by atoms with E-state index in [4.69, 9.17) is 23.2 Å². The third kappa shape index (κ3) is 2.27. The van der Waals surface area contributed by atoms with Crippen molar-refractivity contribution in [3.05, 3.63) is 27.5 Å². The molecule has 2 nitrogen and oxygen atoms in total. The van der Waals surface area contributed by atoms with Crippen molar-refractivity contribution in [2.24, 2.45) is 0 Å². The quantitative estimate of drug-likeness (QED) is 0.706. The smallest absolute Gasteiger partial charge is 0.147 e. The summed E-state index contributed by atoms with van der Waals surface area (Å²) in [4.78, 5) is 6.72. The Morgan fingerprint density at radius 3 is 2.80 bits per heavy atom. The van der Waals surface area contributed by atoms with Crippen LogP contribution in [0.25, 0.3) is 0 Å². The van der Waals surface area contributed by atoms with E-state index in [-0.39, 0.29) is 0 Å². The van der Waals surface area contributed by atoms with Gasteiger partial charge < -0.3 is 0 Å². The molecule has 0 spiro atoms. The van der Waals surface area contributed by atoms with Gasteiger partial charge in [-0.1, -0.05) is 23.2 Å². The molecule has 0 aliphatic carbocycles. The molecule has 0 amide bonds. The Morgan fingerprint density at radius 2 is 2.13 bits per heavy atom. The Balaban J connectivity index is 2.30. The van der Waals surface area contributed by atoms with Gasteiger partial charge in [-0.15, -0.1) is 0 Å². The number of pyridine rings is 1. The summed E-state index contributed by atoms with van der Waals surface area (Å²) in [6.45, 7) is 6.39. The van der Waals surface area contributed by atoms with Gasteiger partial charge in [0.1, 0.15) is 5.15 Å². The molecular weight excluding hydrogens is 231 g/mol. The van der Waals surface area contributed by atoms with Crippen molar-refractivity contribution in [2.75, 3.05) is 6.54 Å². The fraction of sp³-hybridized carbons (Fsp3) is 0.545. The van der Waals surface area contributed by atoms with Crippen molar-refractivity contribution in [1.82, 2.24) is 9.88 Å². The summed E-state index contributed by atoms with van der Waals surface area (Å²) >= 11 is 11.8. The van der Waals surface area contributed by atoms with E-state index in [9.17, 15) is 0 Å². The summed E-state index contributed by atoms with van der Waals surface area (Å²) in [5, 5.41) is 0.981. The van der Waals surface area contributed by atoms with Crippen LogP contribution in [0.2, 0.25) is 10.2 Å². The van der Waals surface area contributed by atoms with E-state index in [0.29, 0.717) is 16.2 Å². The van der Waals surface area contributed by atoms with Gasteiger partial charge in [-0.05, 0) is 25.5 Å². The van der Waals surface area contributed by atoms with Crippen molar-refractivity contribution in [2.45, 2.75) is 32.9 Å². The molecule has 15 heavy (non-hydrogen) atoms. The first kappa shape index (κ1) is 11.2. The van der Waals surface area contributed by atoms with Crippen LogP contribution in [0.1, 0.15) is 25.1 Å². The van der Waals surface area contributed by atoms with Gasteiger partial charge in [0.15, 0.2) is 0 Å². The summed E-state index contributed by atoms with van der Waals surface area (Å²) in [6.07, 6.45) is 0.963. The predicted octanol–water partition coefficient (Wildman–Crippen LogP) is 3.15. The molecule has 0 N–H and O–H groups in total. The lowest BCUT2D eigenvalue weighted by molar-refractivity contribution is 0.202. The highest BCUT2D eigenvalue weighted by atomic mass is 35.5. The molecule has 0 radical (unpaired) electrons. The minimum absolute atomic E-state index is 0.424. The average molecular weight is 245 g/mol. The van der Waals surface area contributed by atoms with E-state index in [1.807, 2.05) is 6.07 Å². The van der Waals surface area contributed by atoms with E-state index in [2.05, 4.69) is 23.7 Å². The minimum Gasteiger partial charge on any atom is -0.296 e. The molecule has 0 unspecified atom stereocenters. The Morgan fingerprint density at radius 1 is 1.40 bits per heavy atom. The van der Waals surface area contributed by atoms with Gasteiger partial charge >= 0.3 is 0 Å². The number of hydrogen-bond donors (Lipinski definition) is 0. The fourth-order valence-electron chi connectivity index (χ4n) is 1.88. The number of rotatable bonds is 1. The fourth-order valence-corrected chi connectivity index (χ4v) is 2.21. The van der Waals surface area contributed by atoms with Gasteiger partial charge in [0.2, 0.25) is 0 Å². The van der Waals surface area contributed by atoms with Crippen LogP contribution in [0.5, 0.6) is 0 Å². The lowest BCUT2D eigenvalue weighted by Crippen LogP contribution is -2.36. The van der Waals surface area contributed by atoms with Crippen molar-refractivity contribution in [1.29, 1.82) is 0 Å². The number of nitrogens with zero attached hydrogens (tertiary/aromatic N) is 2. The van der Waals surface area contributed by atoms with Gasteiger partial charge in [-0.25, -0.2) is 4.98 Å². The second-order valence-electron chi connectivity index (χ2n) is 4.18. The third-order valence-electron chi connectivity index (χ3n) is 2.84. The monoisotopic (exact) mass is 244 g/mol. The van der Waals surface area contributed by atoms with Gasteiger partial charge in [0.25, 0.3) is 0 Å². The first-order valence-corrected chi connectivity index (χ1v) is 5.91. The maximum absolute atomic E-state index is 5.96. The van der Waals surface area contributed by atoms with Crippen LogP contribution in [0.15, 0.2) is 6.07 Å². The van der Waals surface area contributed by atoms with Crippen LogP contribution in [0, 0.1) is 0 Å². The van der Waals surface area contributed by atoms with E-state index in [0.717, 1.165) is 25.2 Å². The van der Waals surface area contributed by atoms with E-state index < -0.39 is 0 Å². The normalized spacial score (nSPS) is 16.9. The SMILES string of the molecule is CC(C)N1CCc2nc(Cl)c(Cl)cc2C1. The molecular formula is C11H14Cl2N2. The van der Waals surface area contributed by atoms with Crippen molar-refractivity contribution in [3.8, 4) is 0 Å². The summed E-state index contributed by atoms with van der Waals surface area (Å²) in [5.41, 5.74) is 2.31. The molecule has 82 valence electrons. The number of aromatic nitrogens is 1. The lowest BCUT2D eigenvalue weighted by Gasteiger charge is -2.31. The van der Waals surface area contributed by atoms with Crippen LogP contribution in [0.4, 0.5) is 0 Å². The number of halogens is 2. The highest BCUT2D eigenvalue weighted by molar-refractivity contribution is 6.41. The Labute approximate surface area is 100 Å². The van der Waals surface area contributed by atoms with Crippen LogP contribution < -0.4 is 0 Å². The summed E-state index contributed by atoms with van der Waals surface area (Å²) in [7, 11) is 0. The molecule has 0 atom stereocenters. The molecule has 1 aliphatic rings. The highest BCUT2D eigenvalue weighted by Crippen LogP contribution is 2.26. The molecule has 1 aliphatic heterocycles. The zero-order valence-corrected chi connectivity index (χ0v) is 10.4. The second-order valence-corrected chi connectivity index (χ2v) is 4.95. The van der Waals surface area contributed by atoms with Gasteiger partial charge in [0, 0.05) is 31.2 Å². The van der Waals surface area contributed by atoms with Crippen molar-refractivity contribution in [3.63, 3.8) is 0 Å². The summed E-state index contributed by atoms with van der Waals surface area (Å²) in [5.74, 6) is 0. The molecule has 1 aromatic heterocycles. The van der Waals surface area contributed by atoms with Crippen molar-refractivity contribution >= 4 is 23.2 Å². The second kappa shape index (κ2) is 4.28. The van der Waals surface area contributed by atoms with Crippen molar-refractivity contribution < 1.29 is 0 Å². The van der Waals surface area contributed by atoms with Gasteiger partial charge in [-0.2, -0.15) is 0 Å². The minimum atomic E-state index is 0.424. The number of hydrogen-bond acceptors (Lipinski definition) is 2. The first-order valence-electron chi connectivity index (χ1n) is 5.15. The zero-order valence-electron chi connectivity index (χ0n) is 8.93.